The van der Waals surface area contributed by atoms with Crippen molar-refractivity contribution in [1.82, 2.24) is 5.32 Å². The predicted octanol–water partition coefficient (Wildman–Crippen LogP) is 3.52. The van der Waals surface area contributed by atoms with Crippen LogP contribution in [0, 0.1) is 0 Å². The zero-order valence-corrected chi connectivity index (χ0v) is 12.4. The van der Waals surface area contributed by atoms with Crippen LogP contribution in [0.4, 0.5) is 0 Å². The van der Waals surface area contributed by atoms with Gasteiger partial charge in [0.15, 0.2) is 6.10 Å². The molecule has 1 heterocycles. The maximum Gasteiger partial charge on any atom is 0.261 e. The largest absolute Gasteiger partial charge is 0.480 e. The van der Waals surface area contributed by atoms with Crippen LogP contribution in [0.1, 0.15) is 24.1 Å². The van der Waals surface area contributed by atoms with E-state index in [-0.39, 0.29) is 11.9 Å². The average molecular weight is 302 g/mol. The summed E-state index contributed by atoms with van der Waals surface area (Å²) in [5.74, 6) is 0.682. The van der Waals surface area contributed by atoms with E-state index in [9.17, 15) is 4.79 Å². The topological polar surface area (TPSA) is 38.3 Å². The van der Waals surface area contributed by atoms with Crippen LogP contribution in [0.15, 0.2) is 48.5 Å². The van der Waals surface area contributed by atoms with Gasteiger partial charge in [0.05, 0.1) is 6.04 Å². The van der Waals surface area contributed by atoms with Crippen LogP contribution in [-0.4, -0.2) is 12.0 Å². The van der Waals surface area contributed by atoms with Gasteiger partial charge in [-0.3, -0.25) is 4.79 Å². The number of rotatable bonds is 3. The summed E-state index contributed by atoms with van der Waals surface area (Å²) in [6.07, 6.45) is 0.143. The molecule has 0 spiro atoms. The maximum atomic E-state index is 12.3. The summed E-state index contributed by atoms with van der Waals surface area (Å²) in [7, 11) is 0. The van der Waals surface area contributed by atoms with Gasteiger partial charge in [-0.1, -0.05) is 48.0 Å². The van der Waals surface area contributed by atoms with Crippen molar-refractivity contribution in [2.45, 2.75) is 25.5 Å². The number of carbonyl (C=O) groups is 1. The summed E-state index contributed by atoms with van der Waals surface area (Å²) >= 11 is 6.15. The summed E-state index contributed by atoms with van der Waals surface area (Å²) in [6, 6.07) is 15.1. The van der Waals surface area contributed by atoms with E-state index in [4.69, 9.17) is 16.3 Å². The molecule has 1 N–H and O–H groups in total. The first kappa shape index (κ1) is 14.0. The lowest BCUT2D eigenvalue weighted by molar-refractivity contribution is -0.127. The quantitative estimate of drug-likeness (QED) is 0.942. The number of fused-ring (bicyclic) bond motifs is 1. The van der Waals surface area contributed by atoms with Gasteiger partial charge in [-0.15, -0.1) is 0 Å². The van der Waals surface area contributed by atoms with E-state index >= 15 is 0 Å². The zero-order valence-electron chi connectivity index (χ0n) is 11.7. The Kier molecular flexibility index (Phi) is 3.84. The minimum absolute atomic E-state index is 0.112. The summed E-state index contributed by atoms with van der Waals surface area (Å²) < 4.78 is 5.69. The van der Waals surface area contributed by atoms with E-state index in [1.807, 2.05) is 55.5 Å². The molecule has 2 atom stereocenters. The fourth-order valence-corrected chi connectivity index (χ4v) is 2.84. The van der Waals surface area contributed by atoms with Gasteiger partial charge < -0.3 is 10.1 Å². The fraction of sp³-hybridized carbons (Fsp3) is 0.235. The molecule has 0 fully saturated rings. The molecule has 3 nitrogen and oxygen atoms in total. The van der Waals surface area contributed by atoms with Crippen LogP contribution in [0.2, 0.25) is 5.02 Å². The lowest BCUT2D eigenvalue weighted by Gasteiger charge is -2.18. The normalized spacial score (nSPS) is 17.7. The molecule has 0 aliphatic carbocycles. The van der Waals surface area contributed by atoms with Crippen LogP contribution >= 0.6 is 11.6 Å². The van der Waals surface area contributed by atoms with Gasteiger partial charge in [0.25, 0.3) is 5.91 Å². The number of carbonyl (C=O) groups excluding carboxylic acids is 1. The highest BCUT2D eigenvalue weighted by Crippen LogP contribution is 2.29. The molecule has 21 heavy (non-hydrogen) atoms. The molecule has 2 unspecified atom stereocenters. The van der Waals surface area contributed by atoms with Crippen LogP contribution in [0.3, 0.4) is 0 Å². The van der Waals surface area contributed by atoms with Gasteiger partial charge in [0, 0.05) is 11.4 Å². The number of halogens is 1. The van der Waals surface area contributed by atoms with Crippen molar-refractivity contribution in [3.05, 3.63) is 64.7 Å². The van der Waals surface area contributed by atoms with E-state index in [1.165, 1.54) is 0 Å². The number of nitrogens with one attached hydrogen (secondary N) is 1. The third-order valence-electron chi connectivity index (χ3n) is 3.67. The number of hydrogen-bond donors (Lipinski definition) is 1. The second kappa shape index (κ2) is 5.78. The monoisotopic (exact) mass is 301 g/mol. The fourth-order valence-electron chi connectivity index (χ4n) is 2.54. The molecule has 1 aliphatic heterocycles. The Hall–Kier alpha value is -2.00. The van der Waals surface area contributed by atoms with Gasteiger partial charge in [-0.05, 0) is 30.2 Å². The van der Waals surface area contributed by atoms with Crippen LogP contribution in [0.25, 0.3) is 0 Å². The van der Waals surface area contributed by atoms with E-state index in [0.29, 0.717) is 11.4 Å². The number of amides is 1. The first-order valence-electron chi connectivity index (χ1n) is 6.94. The van der Waals surface area contributed by atoms with Crippen LogP contribution in [-0.2, 0) is 11.2 Å². The Morgan fingerprint density at radius 2 is 1.95 bits per heavy atom. The van der Waals surface area contributed by atoms with Crippen molar-refractivity contribution in [2.75, 3.05) is 0 Å². The Morgan fingerprint density at radius 3 is 2.71 bits per heavy atom. The predicted molar refractivity (Wildman–Crippen MR) is 82.6 cm³/mol. The van der Waals surface area contributed by atoms with Crippen molar-refractivity contribution >= 4 is 17.5 Å². The van der Waals surface area contributed by atoms with Crippen LogP contribution in [0.5, 0.6) is 5.75 Å². The zero-order chi connectivity index (χ0) is 14.8. The lowest BCUT2D eigenvalue weighted by atomic mass is 10.1. The highest BCUT2D eigenvalue weighted by molar-refractivity contribution is 6.31. The molecule has 1 aliphatic rings. The summed E-state index contributed by atoms with van der Waals surface area (Å²) in [4.78, 5) is 12.3. The van der Waals surface area contributed by atoms with Crippen molar-refractivity contribution in [2.24, 2.45) is 0 Å². The standard InChI is InChI=1S/C17H16ClNO2/c1-11(13-7-3-4-8-14(13)18)19-17(20)16-10-12-6-2-5-9-15(12)21-16/h2-9,11,16H,10H2,1H3,(H,19,20). The third-order valence-corrected chi connectivity index (χ3v) is 4.01. The average Bonchev–Trinajstić information content (AvgIpc) is 2.91. The Bertz CT molecular complexity index is 646. The maximum absolute atomic E-state index is 12.3. The summed E-state index contributed by atoms with van der Waals surface area (Å²) in [5.41, 5.74) is 1.98. The Balaban J connectivity index is 1.67. The van der Waals surface area contributed by atoms with E-state index in [2.05, 4.69) is 5.32 Å². The smallest absolute Gasteiger partial charge is 0.261 e. The lowest BCUT2D eigenvalue weighted by Crippen LogP contribution is -2.38. The minimum atomic E-state index is -0.465. The summed E-state index contributed by atoms with van der Waals surface area (Å²) in [6.45, 7) is 1.92. The second-order valence-corrected chi connectivity index (χ2v) is 5.58. The van der Waals surface area contributed by atoms with E-state index < -0.39 is 6.10 Å². The summed E-state index contributed by atoms with van der Waals surface area (Å²) in [5, 5.41) is 3.62. The van der Waals surface area contributed by atoms with Crippen molar-refractivity contribution in [1.29, 1.82) is 0 Å². The molecular weight excluding hydrogens is 286 g/mol. The third kappa shape index (κ3) is 2.88. The van der Waals surface area contributed by atoms with Crippen molar-refractivity contribution in [3.8, 4) is 5.75 Å². The van der Waals surface area contributed by atoms with Gasteiger partial charge in [-0.2, -0.15) is 0 Å². The number of ether oxygens (including phenoxy) is 1. The molecule has 0 saturated heterocycles. The molecule has 0 aromatic heterocycles. The molecule has 3 rings (SSSR count). The van der Waals surface area contributed by atoms with E-state index in [0.717, 1.165) is 16.9 Å². The molecule has 0 saturated carbocycles. The highest BCUT2D eigenvalue weighted by atomic mass is 35.5. The second-order valence-electron chi connectivity index (χ2n) is 5.17. The Morgan fingerprint density at radius 1 is 1.24 bits per heavy atom. The van der Waals surface area contributed by atoms with Gasteiger partial charge in [-0.25, -0.2) is 0 Å². The van der Waals surface area contributed by atoms with Crippen molar-refractivity contribution < 1.29 is 9.53 Å². The van der Waals surface area contributed by atoms with Crippen molar-refractivity contribution in [3.63, 3.8) is 0 Å². The molecule has 2 aromatic carbocycles. The van der Waals surface area contributed by atoms with Gasteiger partial charge >= 0.3 is 0 Å². The van der Waals surface area contributed by atoms with Crippen LogP contribution < -0.4 is 10.1 Å². The molecule has 0 bridgehead atoms. The van der Waals surface area contributed by atoms with Gasteiger partial charge in [0.1, 0.15) is 5.75 Å². The number of para-hydroxylation sites is 1. The molecule has 2 aromatic rings. The first-order chi connectivity index (χ1) is 10.1. The minimum Gasteiger partial charge on any atom is -0.480 e. The molecule has 4 heteroatoms. The van der Waals surface area contributed by atoms with Gasteiger partial charge in [0.2, 0.25) is 0 Å². The molecule has 108 valence electrons. The Labute approximate surface area is 128 Å². The number of hydrogen-bond acceptors (Lipinski definition) is 2. The molecule has 1 amide bonds. The molecule has 0 radical (unpaired) electrons. The highest BCUT2D eigenvalue weighted by Gasteiger charge is 2.29. The SMILES string of the molecule is CC(NC(=O)C1Cc2ccccc2O1)c1ccccc1Cl. The number of benzene rings is 2. The molecular formula is C17H16ClNO2. The van der Waals surface area contributed by atoms with E-state index in [1.54, 1.807) is 0 Å². The first-order valence-corrected chi connectivity index (χ1v) is 7.32.